The average Bonchev–Trinajstić information content (AvgIpc) is 3.78. The fraction of sp³-hybridized carbons (Fsp3) is 0.115. The van der Waals surface area contributed by atoms with Crippen LogP contribution >= 0.6 is 0 Å². The van der Waals surface area contributed by atoms with Gasteiger partial charge in [0, 0.05) is 44.0 Å². The first-order valence-corrected chi connectivity index (χ1v) is 19.3. The van der Waals surface area contributed by atoms with Gasteiger partial charge in [0.05, 0.1) is 22.4 Å². The number of benzene rings is 7. The van der Waals surface area contributed by atoms with E-state index in [0.29, 0.717) is 5.82 Å². The molecular weight excluding hydrogens is 667 g/mol. The third-order valence-corrected chi connectivity index (χ3v) is 12.3. The maximum Gasteiger partial charge on any atom is 0.160 e. The van der Waals surface area contributed by atoms with Gasteiger partial charge >= 0.3 is 0 Å². The minimum atomic E-state index is -0.230. The molecule has 2 aliphatic rings. The average molecular weight is 706 g/mol. The molecule has 0 fully saturated rings. The quantitative estimate of drug-likeness (QED) is 0.182. The summed E-state index contributed by atoms with van der Waals surface area (Å²) in [5.41, 5.74) is 19.2. The topological polar surface area (TPSA) is 30.7 Å². The van der Waals surface area contributed by atoms with E-state index in [1.807, 2.05) is 24.3 Å². The summed E-state index contributed by atoms with van der Waals surface area (Å²) in [6.07, 6.45) is 0. The smallest absolute Gasteiger partial charge is 0.160 e. The lowest BCUT2D eigenvalue weighted by Gasteiger charge is -2.27. The van der Waals surface area contributed by atoms with Gasteiger partial charge in [-0.3, -0.25) is 0 Å². The van der Waals surface area contributed by atoms with Gasteiger partial charge < -0.3 is 4.57 Å². The Morgan fingerprint density at radius 2 is 0.982 bits per heavy atom. The number of rotatable bonds is 4. The maximum atomic E-state index is 5.22. The van der Waals surface area contributed by atoms with Crippen LogP contribution in [0.4, 0.5) is 0 Å². The van der Waals surface area contributed by atoms with Crippen LogP contribution in [0.1, 0.15) is 49.9 Å². The Labute approximate surface area is 321 Å². The van der Waals surface area contributed by atoms with Gasteiger partial charge in [0.15, 0.2) is 5.82 Å². The molecule has 2 aliphatic carbocycles. The van der Waals surface area contributed by atoms with Gasteiger partial charge in [-0.25, -0.2) is 9.97 Å². The normalized spacial score (nSPS) is 14.5. The zero-order valence-electron chi connectivity index (χ0n) is 31.4. The van der Waals surface area contributed by atoms with Crippen molar-refractivity contribution in [2.24, 2.45) is 0 Å². The molecule has 262 valence electrons. The molecule has 0 radical (unpaired) electrons. The van der Waals surface area contributed by atoms with Crippen LogP contribution in [0, 0.1) is 0 Å². The largest absolute Gasteiger partial charge is 0.309 e. The van der Waals surface area contributed by atoms with E-state index in [1.54, 1.807) is 0 Å². The molecule has 0 saturated heterocycles. The number of para-hydroxylation sites is 1. The Kier molecular flexibility index (Phi) is 6.65. The summed E-state index contributed by atoms with van der Waals surface area (Å²) < 4.78 is 2.55. The van der Waals surface area contributed by atoms with E-state index in [1.165, 1.54) is 66.3 Å². The van der Waals surface area contributed by atoms with Crippen LogP contribution in [0.2, 0.25) is 0 Å². The lowest BCUT2D eigenvalue weighted by Crippen LogP contribution is -2.19. The minimum Gasteiger partial charge on any atom is -0.309 e. The molecule has 2 aromatic heterocycles. The van der Waals surface area contributed by atoms with Crippen molar-refractivity contribution in [1.82, 2.24) is 14.5 Å². The van der Waals surface area contributed by atoms with E-state index >= 15 is 0 Å². The summed E-state index contributed by atoms with van der Waals surface area (Å²) in [5.74, 6) is 0.717. The van der Waals surface area contributed by atoms with E-state index in [9.17, 15) is 0 Å². The van der Waals surface area contributed by atoms with Gasteiger partial charge in [0.2, 0.25) is 0 Å². The second-order valence-electron chi connectivity index (χ2n) is 16.2. The zero-order valence-corrected chi connectivity index (χ0v) is 31.4. The van der Waals surface area contributed by atoms with Crippen LogP contribution in [0.15, 0.2) is 164 Å². The molecule has 11 rings (SSSR count). The molecular formula is C52H39N3. The van der Waals surface area contributed by atoms with Crippen LogP contribution in [-0.4, -0.2) is 14.5 Å². The predicted molar refractivity (Wildman–Crippen MR) is 228 cm³/mol. The van der Waals surface area contributed by atoms with Crippen LogP contribution in [0.3, 0.4) is 0 Å². The molecule has 0 N–H and O–H groups in total. The Hall–Kier alpha value is -6.58. The number of hydrogen-bond acceptors (Lipinski definition) is 2. The highest BCUT2D eigenvalue weighted by Gasteiger charge is 2.47. The van der Waals surface area contributed by atoms with Gasteiger partial charge in [0.25, 0.3) is 0 Å². The lowest BCUT2D eigenvalue weighted by molar-refractivity contribution is 0.658. The Balaban J connectivity index is 1.24. The maximum absolute atomic E-state index is 5.22. The molecule has 0 unspecified atom stereocenters. The summed E-state index contributed by atoms with van der Waals surface area (Å²) in [5, 5.41) is 2.64. The molecule has 3 nitrogen and oxygen atoms in total. The van der Waals surface area contributed by atoms with Gasteiger partial charge in [0.1, 0.15) is 0 Å². The highest BCUT2D eigenvalue weighted by Crippen LogP contribution is 2.63. The molecule has 0 bridgehead atoms. The van der Waals surface area contributed by atoms with Gasteiger partial charge in [-0.1, -0.05) is 167 Å². The first-order valence-electron chi connectivity index (χ1n) is 19.3. The SMILES string of the molecule is CC1(C)c2ccccc2-c2c3c(c4c(c21)c1ccccc1n4-c1cccc(-c2cc(-c4ccccc4)nc(-c4ccccc4)n2)c1)C(C)(C)c1ccccc1-3. The number of nitrogens with zero attached hydrogens (tertiary/aromatic N) is 3. The molecule has 0 atom stereocenters. The standard InChI is InChI=1S/C52H39N3/c1-51(2)39-27-14-11-24-36(39)44-45-37-25-12-15-28-40(37)52(3,4)48(45)49-46(47(44)51)38-26-13-16-29-43(38)55(49)35-23-17-22-34(30-35)42-31-41(32-18-7-5-8-19-32)53-50(54-42)33-20-9-6-10-21-33/h5-31H,1-4H3. The summed E-state index contributed by atoms with van der Waals surface area (Å²) in [6, 6.07) is 59.0. The van der Waals surface area contributed by atoms with Crippen LogP contribution in [0.5, 0.6) is 0 Å². The van der Waals surface area contributed by atoms with E-state index < -0.39 is 0 Å². The number of fused-ring (bicyclic) bond motifs is 12. The molecule has 7 aromatic carbocycles. The molecule has 2 heterocycles. The van der Waals surface area contributed by atoms with Gasteiger partial charge in [-0.15, -0.1) is 0 Å². The summed E-state index contributed by atoms with van der Waals surface area (Å²) in [4.78, 5) is 10.3. The third kappa shape index (κ3) is 4.44. The van der Waals surface area contributed by atoms with Crippen LogP contribution < -0.4 is 0 Å². The Morgan fingerprint density at radius 1 is 0.455 bits per heavy atom. The van der Waals surface area contributed by atoms with Crippen molar-refractivity contribution < 1.29 is 0 Å². The fourth-order valence-electron chi connectivity index (χ4n) is 9.90. The number of hydrogen-bond donors (Lipinski definition) is 0. The van der Waals surface area contributed by atoms with Gasteiger partial charge in [-0.2, -0.15) is 0 Å². The third-order valence-electron chi connectivity index (χ3n) is 12.3. The first-order chi connectivity index (χ1) is 26.8. The summed E-state index contributed by atoms with van der Waals surface area (Å²) >= 11 is 0. The van der Waals surface area contributed by atoms with E-state index in [0.717, 1.165) is 33.8 Å². The van der Waals surface area contributed by atoms with E-state index in [4.69, 9.17) is 9.97 Å². The van der Waals surface area contributed by atoms with Crippen molar-refractivity contribution in [1.29, 1.82) is 0 Å². The van der Waals surface area contributed by atoms with E-state index in [-0.39, 0.29) is 10.8 Å². The lowest BCUT2D eigenvalue weighted by atomic mass is 9.76. The second-order valence-corrected chi connectivity index (χ2v) is 16.2. The molecule has 0 spiro atoms. The van der Waals surface area contributed by atoms with Crippen LogP contribution in [-0.2, 0) is 10.8 Å². The second kappa shape index (κ2) is 11.5. The monoisotopic (exact) mass is 705 g/mol. The highest BCUT2D eigenvalue weighted by molar-refractivity contribution is 6.20. The first kappa shape index (κ1) is 31.9. The molecule has 3 heteroatoms. The van der Waals surface area contributed by atoms with E-state index in [2.05, 4.69) is 172 Å². The molecule has 9 aromatic rings. The Morgan fingerprint density at radius 3 is 1.67 bits per heavy atom. The van der Waals surface area contributed by atoms with Crippen molar-refractivity contribution in [3.05, 3.63) is 186 Å². The predicted octanol–water partition coefficient (Wildman–Crippen LogP) is 13.2. The minimum absolute atomic E-state index is 0.194. The fourth-order valence-corrected chi connectivity index (χ4v) is 9.90. The van der Waals surface area contributed by atoms with Crippen molar-refractivity contribution in [3.8, 4) is 61.8 Å². The molecule has 0 amide bonds. The molecule has 0 saturated carbocycles. The summed E-state index contributed by atoms with van der Waals surface area (Å²) in [6.45, 7) is 9.69. The number of aromatic nitrogens is 3. The van der Waals surface area contributed by atoms with Crippen molar-refractivity contribution in [3.63, 3.8) is 0 Å². The molecule has 0 aliphatic heterocycles. The van der Waals surface area contributed by atoms with Crippen molar-refractivity contribution in [2.75, 3.05) is 0 Å². The van der Waals surface area contributed by atoms with Crippen molar-refractivity contribution >= 4 is 21.8 Å². The highest BCUT2D eigenvalue weighted by atomic mass is 15.0. The summed E-state index contributed by atoms with van der Waals surface area (Å²) in [7, 11) is 0. The zero-order chi connectivity index (χ0) is 37.1. The Bertz CT molecular complexity index is 2960. The molecule has 55 heavy (non-hydrogen) atoms. The van der Waals surface area contributed by atoms with Crippen molar-refractivity contribution in [2.45, 2.75) is 38.5 Å². The van der Waals surface area contributed by atoms with Crippen LogP contribution in [0.25, 0.3) is 83.6 Å². The van der Waals surface area contributed by atoms with Gasteiger partial charge in [-0.05, 0) is 68.8 Å².